The van der Waals surface area contributed by atoms with Gasteiger partial charge in [0.1, 0.15) is 16.4 Å². The molecule has 0 aliphatic heterocycles. The molecule has 2 heterocycles. The number of thiazole rings is 1. The minimum Gasteiger partial charge on any atom is -0.479 e. The summed E-state index contributed by atoms with van der Waals surface area (Å²) in [7, 11) is 0. The Kier molecular flexibility index (Phi) is 9.45. The number of allylic oxidation sites excluding steroid dienone is 1. The normalized spacial score (nSPS) is 13.5. The summed E-state index contributed by atoms with van der Waals surface area (Å²) >= 11 is 3.05. The van der Waals surface area contributed by atoms with Crippen LogP contribution in [0.5, 0.6) is 0 Å². The first-order valence-electron chi connectivity index (χ1n) is 13.0. The standard InChI is InChI=1S/C31H33FN4O3S2/c1-30(2,3)31(29(38)39,11-15-40-4)35-27(37)25-10-5-21(18-26(25)22-6-8-24(32)9-7-22)17-23(28-34-13-16-41-28)19-36-14-12-33-20-36/h5-10,12-14,16-18,20H,11,15,19H2,1-4H3,(H,35,37)(H,38,39)/t31-/m1/s1. The fraction of sp³-hybridized carbons (Fsp3) is 0.290. The largest absolute Gasteiger partial charge is 0.479 e. The molecule has 0 bridgehead atoms. The van der Waals surface area contributed by atoms with Gasteiger partial charge in [0.15, 0.2) is 0 Å². The van der Waals surface area contributed by atoms with Crippen molar-refractivity contribution in [2.24, 2.45) is 5.41 Å². The van der Waals surface area contributed by atoms with Crippen molar-refractivity contribution in [3.05, 3.63) is 94.7 Å². The summed E-state index contributed by atoms with van der Waals surface area (Å²) in [5.41, 5.74) is 1.02. The summed E-state index contributed by atoms with van der Waals surface area (Å²) in [5.74, 6) is -1.41. The zero-order valence-electron chi connectivity index (χ0n) is 23.4. The topological polar surface area (TPSA) is 97.1 Å². The molecule has 4 rings (SSSR count). The van der Waals surface area contributed by atoms with E-state index in [9.17, 15) is 19.1 Å². The Morgan fingerprint density at radius 3 is 2.49 bits per heavy atom. The highest BCUT2D eigenvalue weighted by Gasteiger charge is 2.49. The second kappa shape index (κ2) is 12.8. The Labute approximate surface area is 247 Å². The van der Waals surface area contributed by atoms with E-state index in [4.69, 9.17) is 0 Å². The molecule has 0 unspecified atom stereocenters. The van der Waals surface area contributed by atoms with Crippen LogP contribution in [0.25, 0.3) is 22.8 Å². The maximum atomic E-state index is 13.9. The van der Waals surface area contributed by atoms with Crippen LogP contribution in [0.2, 0.25) is 0 Å². The molecule has 2 N–H and O–H groups in total. The number of carbonyl (C=O) groups is 2. The minimum absolute atomic E-state index is 0.261. The lowest BCUT2D eigenvalue weighted by Crippen LogP contribution is -2.62. The number of hydrogen-bond acceptors (Lipinski definition) is 6. The predicted octanol–water partition coefficient (Wildman–Crippen LogP) is 6.74. The first-order chi connectivity index (χ1) is 19.5. The Balaban J connectivity index is 1.81. The summed E-state index contributed by atoms with van der Waals surface area (Å²) in [6.45, 7) is 5.99. The average Bonchev–Trinajstić information content (AvgIpc) is 3.65. The van der Waals surface area contributed by atoms with Crippen LogP contribution in [0, 0.1) is 11.2 Å². The second-order valence-electron chi connectivity index (χ2n) is 10.7. The van der Waals surface area contributed by atoms with Crippen molar-refractivity contribution in [1.82, 2.24) is 19.9 Å². The molecule has 1 amide bonds. The number of halogens is 1. The molecular weight excluding hydrogens is 559 g/mol. The molecule has 0 spiro atoms. The number of carboxylic acids is 1. The Hall–Kier alpha value is -3.76. The maximum Gasteiger partial charge on any atom is 0.330 e. The molecule has 0 aliphatic carbocycles. The monoisotopic (exact) mass is 592 g/mol. The molecule has 41 heavy (non-hydrogen) atoms. The average molecular weight is 593 g/mol. The summed E-state index contributed by atoms with van der Waals surface area (Å²) in [6.07, 6.45) is 11.2. The zero-order valence-corrected chi connectivity index (χ0v) is 25.1. The van der Waals surface area contributed by atoms with Crippen molar-refractivity contribution in [3.63, 3.8) is 0 Å². The maximum absolute atomic E-state index is 13.9. The first-order valence-corrected chi connectivity index (χ1v) is 15.3. The van der Waals surface area contributed by atoms with Gasteiger partial charge in [0.2, 0.25) is 0 Å². The van der Waals surface area contributed by atoms with Gasteiger partial charge in [0.05, 0.1) is 12.9 Å². The molecular formula is C31H33FN4O3S2. The molecule has 2 aromatic carbocycles. The van der Waals surface area contributed by atoms with E-state index in [1.54, 1.807) is 36.9 Å². The number of amides is 1. The van der Waals surface area contributed by atoms with E-state index in [-0.39, 0.29) is 6.42 Å². The van der Waals surface area contributed by atoms with Crippen molar-refractivity contribution in [2.75, 3.05) is 12.0 Å². The number of benzene rings is 2. The number of thioether (sulfide) groups is 1. The molecule has 1 atom stereocenters. The highest BCUT2D eigenvalue weighted by atomic mass is 32.2. The molecule has 4 aromatic rings. The number of rotatable bonds is 11. The lowest BCUT2D eigenvalue weighted by molar-refractivity contribution is -0.149. The van der Waals surface area contributed by atoms with Crippen LogP contribution in [0.15, 0.2) is 72.8 Å². The van der Waals surface area contributed by atoms with Gasteiger partial charge in [-0.05, 0) is 70.9 Å². The minimum atomic E-state index is -1.49. The molecule has 0 fully saturated rings. The van der Waals surface area contributed by atoms with E-state index in [0.29, 0.717) is 29.0 Å². The molecule has 2 aromatic heterocycles. The van der Waals surface area contributed by atoms with Crippen LogP contribution >= 0.6 is 23.1 Å². The number of hydrogen-bond donors (Lipinski definition) is 2. The van der Waals surface area contributed by atoms with E-state index in [0.717, 1.165) is 16.1 Å². The third kappa shape index (κ3) is 6.94. The second-order valence-corrected chi connectivity index (χ2v) is 12.6. The molecule has 214 valence electrons. The lowest BCUT2D eigenvalue weighted by Gasteiger charge is -2.42. The number of nitrogens with zero attached hydrogens (tertiary/aromatic N) is 3. The first kappa shape index (κ1) is 30.2. The van der Waals surface area contributed by atoms with Crippen LogP contribution in [0.3, 0.4) is 0 Å². The fourth-order valence-electron chi connectivity index (χ4n) is 4.68. The molecule has 0 radical (unpaired) electrons. The summed E-state index contributed by atoms with van der Waals surface area (Å²) in [6, 6.07) is 11.3. The lowest BCUT2D eigenvalue weighted by atomic mass is 9.71. The highest BCUT2D eigenvalue weighted by molar-refractivity contribution is 7.98. The van der Waals surface area contributed by atoms with E-state index in [1.807, 2.05) is 61.4 Å². The summed E-state index contributed by atoms with van der Waals surface area (Å²) in [4.78, 5) is 35.2. The molecule has 0 aliphatic rings. The van der Waals surface area contributed by atoms with Gasteiger partial charge in [-0.25, -0.2) is 19.2 Å². The van der Waals surface area contributed by atoms with Gasteiger partial charge in [0, 0.05) is 35.1 Å². The number of carbonyl (C=O) groups excluding carboxylic acids is 1. The van der Waals surface area contributed by atoms with Gasteiger partial charge in [-0.1, -0.05) is 39.0 Å². The molecule has 10 heteroatoms. The summed E-state index contributed by atoms with van der Waals surface area (Å²) < 4.78 is 15.8. The highest BCUT2D eigenvalue weighted by Crippen LogP contribution is 2.36. The number of carboxylic acid groups (broad SMARTS) is 1. The fourth-order valence-corrected chi connectivity index (χ4v) is 5.83. The van der Waals surface area contributed by atoms with Crippen molar-refractivity contribution < 1.29 is 19.1 Å². The van der Waals surface area contributed by atoms with Crippen LogP contribution in [-0.4, -0.2) is 49.1 Å². The number of imidazole rings is 1. The van der Waals surface area contributed by atoms with Gasteiger partial charge < -0.3 is 15.0 Å². The van der Waals surface area contributed by atoms with E-state index >= 15 is 0 Å². The van der Waals surface area contributed by atoms with E-state index < -0.39 is 28.6 Å². The van der Waals surface area contributed by atoms with Crippen molar-refractivity contribution in [3.8, 4) is 11.1 Å². The quantitative estimate of drug-likeness (QED) is 0.200. The Morgan fingerprint density at radius 1 is 1.15 bits per heavy atom. The Bertz CT molecular complexity index is 1510. The SMILES string of the molecule is CSCC[C@@](NC(=O)c1ccc(C=C(Cn2ccnc2)c2nccs2)cc1-c1ccc(F)cc1)(C(=O)O)C(C)(C)C. The third-order valence-electron chi connectivity index (χ3n) is 7.06. The number of aromatic nitrogens is 3. The van der Waals surface area contributed by atoms with Gasteiger partial charge in [-0.3, -0.25) is 4.79 Å². The van der Waals surface area contributed by atoms with Gasteiger partial charge >= 0.3 is 5.97 Å². The summed E-state index contributed by atoms with van der Waals surface area (Å²) in [5, 5.41) is 16.0. The van der Waals surface area contributed by atoms with Gasteiger partial charge in [-0.2, -0.15) is 11.8 Å². The molecule has 0 saturated carbocycles. The Morgan fingerprint density at radius 2 is 1.90 bits per heavy atom. The zero-order chi connectivity index (χ0) is 29.6. The van der Waals surface area contributed by atoms with Crippen LogP contribution in [0.1, 0.15) is 48.1 Å². The predicted molar refractivity (Wildman–Crippen MR) is 164 cm³/mol. The third-order valence-corrected chi connectivity index (χ3v) is 8.52. The smallest absolute Gasteiger partial charge is 0.330 e. The van der Waals surface area contributed by atoms with Crippen LogP contribution in [-0.2, 0) is 11.3 Å². The molecule has 7 nitrogen and oxygen atoms in total. The number of nitrogens with one attached hydrogen (secondary N) is 1. The van der Waals surface area contributed by atoms with Crippen molar-refractivity contribution >= 4 is 46.6 Å². The van der Waals surface area contributed by atoms with Crippen LogP contribution in [0.4, 0.5) is 4.39 Å². The van der Waals surface area contributed by atoms with Crippen LogP contribution < -0.4 is 5.32 Å². The van der Waals surface area contributed by atoms with E-state index in [2.05, 4.69) is 15.3 Å². The van der Waals surface area contributed by atoms with Crippen molar-refractivity contribution in [2.45, 2.75) is 39.3 Å². The molecule has 0 saturated heterocycles. The number of aliphatic carboxylic acids is 1. The van der Waals surface area contributed by atoms with Gasteiger partial charge in [-0.15, -0.1) is 11.3 Å². The van der Waals surface area contributed by atoms with E-state index in [1.165, 1.54) is 35.2 Å². The van der Waals surface area contributed by atoms with Gasteiger partial charge in [0.25, 0.3) is 5.91 Å². The van der Waals surface area contributed by atoms with Crippen molar-refractivity contribution in [1.29, 1.82) is 0 Å².